The first-order valence-corrected chi connectivity index (χ1v) is 11.4. The highest BCUT2D eigenvalue weighted by molar-refractivity contribution is 5.96. The standard InChI is InChI=1S/C22H35N9O4/c1-21(2,3)19-30-29-18(34-19)14-16(24)25-11-13(26-14)15(23)27-28-17(32)12-7-9-31(10-8-12)20(33)35-22(4,5)6/h11-12,20,33H,7-10H2,1-6H3,(H2,23,27)(H2,24,25)(H,28,32). The zero-order valence-electron chi connectivity index (χ0n) is 21.1. The molecule has 0 aromatic carbocycles. The number of hydrogen-bond acceptors (Lipinski definition) is 11. The van der Waals surface area contributed by atoms with Gasteiger partial charge < -0.3 is 25.7 Å². The van der Waals surface area contributed by atoms with E-state index in [0.717, 1.165) is 0 Å². The van der Waals surface area contributed by atoms with Gasteiger partial charge in [-0.2, -0.15) is 5.10 Å². The van der Waals surface area contributed by atoms with Crippen LogP contribution in [0.2, 0.25) is 0 Å². The summed E-state index contributed by atoms with van der Waals surface area (Å²) < 4.78 is 11.3. The maximum Gasteiger partial charge on any atom is 0.270 e. The topological polar surface area (TPSA) is 191 Å². The number of hydrazone groups is 1. The predicted molar refractivity (Wildman–Crippen MR) is 128 cm³/mol. The summed E-state index contributed by atoms with van der Waals surface area (Å²) in [5.41, 5.74) is 14.0. The Morgan fingerprint density at radius 1 is 1.26 bits per heavy atom. The molecule has 192 valence electrons. The third-order valence-electron chi connectivity index (χ3n) is 5.29. The van der Waals surface area contributed by atoms with Gasteiger partial charge in [0.25, 0.3) is 5.89 Å². The molecule has 13 nitrogen and oxygen atoms in total. The number of anilines is 1. The summed E-state index contributed by atoms with van der Waals surface area (Å²) in [6.07, 6.45) is 1.43. The van der Waals surface area contributed by atoms with E-state index in [4.69, 9.17) is 20.6 Å². The van der Waals surface area contributed by atoms with Crippen LogP contribution in [-0.2, 0) is 14.9 Å². The van der Waals surface area contributed by atoms with Crippen LogP contribution in [0.3, 0.4) is 0 Å². The highest BCUT2D eigenvalue weighted by atomic mass is 16.6. The summed E-state index contributed by atoms with van der Waals surface area (Å²) in [5.74, 6) is 0.0498. The number of hydrogen-bond donors (Lipinski definition) is 4. The molecule has 1 amide bonds. The van der Waals surface area contributed by atoms with E-state index >= 15 is 0 Å². The molecule has 3 heterocycles. The maximum atomic E-state index is 12.6. The van der Waals surface area contributed by atoms with Gasteiger partial charge in [0, 0.05) is 24.4 Å². The van der Waals surface area contributed by atoms with Crippen LogP contribution >= 0.6 is 0 Å². The van der Waals surface area contributed by atoms with Gasteiger partial charge in [0.1, 0.15) is 5.69 Å². The summed E-state index contributed by atoms with van der Waals surface area (Å²) >= 11 is 0. The molecule has 0 bridgehead atoms. The van der Waals surface area contributed by atoms with Crippen LogP contribution in [0.5, 0.6) is 0 Å². The molecule has 35 heavy (non-hydrogen) atoms. The Balaban J connectivity index is 1.62. The van der Waals surface area contributed by atoms with Crippen LogP contribution in [0.4, 0.5) is 5.82 Å². The Hall–Kier alpha value is -3.16. The second kappa shape index (κ2) is 10.2. The predicted octanol–water partition coefficient (Wildman–Crippen LogP) is 0.946. The lowest BCUT2D eigenvalue weighted by Crippen LogP contribution is -2.47. The average Bonchev–Trinajstić information content (AvgIpc) is 3.27. The molecule has 3 rings (SSSR count). The molecule has 0 radical (unpaired) electrons. The first-order chi connectivity index (χ1) is 16.2. The normalized spacial score (nSPS) is 17.4. The Morgan fingerprint density at radius 3 is 2.49 bits per heavy atom. The van der Waals surface area contributed by atoms with Gasteiger partial charge in [-0.1, -0.05) is 20.8 Å². The van der Waals surface area contributed by atoms with Crippen molar-refractivity contribution in [1.82, 2.24) is 30.5 Å². The number of amidine groups is 1. The number of likely N-dealkylation sites (tertiary alicyclic amines) is 1. The number of aromatic nitrogens is 4. The minimum absolute atomic E-state index is 0.0471. The molecule has 1 fully saturated rings. The van der Waals surface area contributed by atoms with Crippen molar-refractivity contribution >= 4 is 17.6 Å². The van der Waals surface area contributed by atoms with Gasteiger partial charge in [-0.05, 0) is 33.6 Å². The van der Waals surface area contributed by atoms with Crippen molar-refractivity contribution in [3.05, 3.63) is 17.8 Å². The largest absolute Gasteiger partial charge is 0.419 e. The molecule has 2 aromatic heterocycles. The molecule has 0 spiro atoms. The van der Waals surface area contributed by atoms with Gasteiger partial charge in [0.15, 0.2) is 17.3 Å². The highest BCUT2D eigenvalue weighted by Crippen LogP contribution is 2.26. The number of carbonyl (C=O) groups excluding carboxylic acids is 1. The summed E-state index contributed by atoms with van der Waals surface area (Å²) in [4.78, 5) is 22.8. The van der Waals surface area contributed by atoms with Gasteiger partial charge >= 0.3 is 0 Å². The first-order valence-electron chi connectivity index (χ1n) is 11.4. The van der Waals surface area contributed by atoms with Crippen LogP contribution < -0.4 is 16.9 Å². The lowest BCUT2D eigenvalue weighted by molar-refractivity contribution is -0.243. The first kappa shape index (κ1) is 26.4. The molecular weight excluding hydrogens is 454 g/mol. The van der Waals surface area contributed by atoms with E-state index in [2.05, 4.69) is 30.7 Å². The fourth-order valence-electron chi connectivity index (χ4n) is 3.34. The second-order valence-electron chi connectivity index (χ2n) is 10.5. The van der Waals surface area contributed by atoms with Gasteiger partial charge in [0.2, 0.25) is 18.2 Å². The molecule has 6 N–H and O–H groups in total. The van der Waals surface area contributed by atoms with Gasteiger partial charge in [-0.3, -0.25) is 9.69 Å². The van der Waals surface area contributed by atoms with E-state index < -0.39 is 12.0 Å². The van der Waals surface area contributed by atoms with Gasteiger partial charge in [-0.15, -0.1) is 10.2 Å². The summed E-state index contributed by atoms with van der Waals surface area (Å²) in [6, 6.07) is 0. The molecule has 1 aliphatic rings. The summed E-state index contributed by atoms with van der Waals surface area (Å²) in [5, 5.41) is 22.3. The van der Waals surface area contributed by atoms with Crippen molar-refractivity contribution in [2.45, 2.75) is 71.8 Å². The quantitative estimate of drug-likeness (QED) is 0.195. The van der Waals surface area contributed by atoms with E-state index in [0.29, 0.717) is 31.8 Å². The van der Waals surface area contributed by atoms with Crippen LogP contribution in [0.25, 0.3) is 11.6 Å². The Morgan fingerprint density at radius 2 is 1.91 bits per heavy atom. The van der Waals surface area contributed by atoms with Crippen LogP contribution in [0.1, 0.15) is 66.0 Å². The number of aliphatic hydroxyl groups excluding tert-OH is 1. The molecule has 0 aliphatic carbocycles. The number of aliphatic hydroxyl groups is 1. The maximum absolute atomic E-state index is 12.6. The van der Waals surface area contributed by atoms with E-state index in [1.54, 1.807) is 4.90 Å². The second-order valence-corrected chi connectivity index (χ2v) is 10.5. The molecule has 1 atom stereocenters. The number of piperidine rings is 1. The van der Waals surface area contributed by atoms with Crippen molar-refractivity contribution in [2.24, 2.45) is 16.8 Å². The van der Waals surface area contributed by atoms with Crippen molar-refractivity contribution in [3.8, 4) is 11.6 Å². The number of rotatable bonds is 6. The van der Waals surface area contributed by atoms with Crippen molar-refractivity contribution < 1.29 is 19.1 Å². The number of nitrogens with zero attached hydrogens (tertiary/aromatic N) is 6. The van der Waals surface area contributed by atoms with E-state index in [-0.39, 0.29) is 46.2 Å². The Labute approximate surface area is 204 Å². The zero-order chi connectivity index (χ0) is 26.0. The number of nitrogens with one attached hydrogen (secondary N) is 1. The number of amides is 1. The lowest BCUT2D eigenvalue weighted by atomic mass is 9.96. The molecule has 0 saturated carbocycles. The number of carbonyl (C=O) groups is 1. The van der Waals surface area contributed by atoms with Crippen LogP contribution in [0.15, 0.2) is 15.7 Å². The number of nitrogens with two attached hydrogens (primary N) is 2. The van der Waals surface area contributed by atoms with E-state index in [9.17, 15) is 9.90 Å². The van der Waals surface area contributed by atoms with Crippen molar-refractivity contribution in [1.29, 1.82) is 0 Å². The fraction of sp³-hybridized carbons (Fsp3) is 0.636. The number of ether oxygens (including phenoxy) is 1. The lowest BCUT2D eigenvalue weighted by Gasteiger charge is -2.36. The third kappa shape index (κ3) is 6.93. The molecule has 1 aliphatic heterocycles. The smallest absolute Gasteiger partial charge is 0.270 e. The third-order valence-corrected chi connectivity index (χ3v) is 5.29. The fourth-order valence-corrected chi connectivity index (χ4v) is 3.34. The molecule has 1 unspecified atom stereocenters. The van der Waals surface area contributed by atoms with Crippen LogP contribution in [-0.4, -0.2) is 67.0 Å². The zero-order valence-corrected chi connectivity index (χ0v) is 21.1. The van der Waals surface area contributed by atoms with Gasteiger partial charge in [-0.25, -0.2) is 15.4 Å². The van der Waals surface area contributed by atoms with E-state index in [1.165, 1.54) is 6.20 Å². The average molecular weight is 490 g/mol. The van der Waals surface area contributed by atoms with Crippen molar-refractivity contribution in [3.63, 3.8) is 0 Å². The molecule has 1 saturated heterocycles. The number of nitrogen functional groups attached to an aromatic ring is 1. The van der Waals surface area contributed by atoms with Gasteiger partial charge in [0.05, 0.1) is 11.8 Å². The minimum atomic E-state index is -1.01. The summed E-state index contributed by atoms with van der Waals surface area (Å²) in [6.45, 7) is 12.5. The molecular formula is C22H35N9O4. The Bertz CT molecular complexity index is 1060. The SMILES string of the molecule is CC(C)(C)OC(O)N1CCC(C(=O)NN=C(N)c2cnc(N)c(-c3nnc(C(C)(C)C)o3)n2)CC1. The van der Waals surface area contributed by atoms with Crippen LogP contribution in [0, 0.1) is 5.92 Å². The van der Waals surface area contributed by atoms with Crippen molar-refractivity contribution in [2.75, 3.05) is 18.8 Å². The molecule has 13 heteroatoms. The van der Waals surface area contributed by atoms with E-state index in [1.807, 2.05) is 41.5 Å². The minimum Gasteiger partial charge on any atom is -0.419 e. The highest BCUT2D eigenvalue weighted by Gasteiger charge is 2.30. The molecule has 2 aromatic rings. The Kier molecular flexibility index (Phi) is 7.72. The summed E-state index contributed by atoms with van der Waals surface area (Å²) in [7, 11) is 0. The monoisotopic (exact) mass is 489 g/mol.